The van der Waals surface area contributed by atoms with Crippen LogP contribution in [-0.2, 0) is 14.6 Å². The fraction of sp³-hybridized carbons (Fsp3) is 0.385. The van der Waals surface area contributed by atoms with Gasteiger partial charge < -0.3 is 10.1 Å². The van der Waals surface area contributed by atoms with Crippen molar-refractivity contribution in [3.8, 4) is 0 Å². The molecule has 0 aromatic heterocycles. The van der Waals surface area contributed by atoms with E-state index in [0.717, 1.165) is 17.7 Å². The molecule has 0 spiro atoms. The zero-order valence-electron chi connectivity index (χ0n) is 10.5. The summed E-state index contributed by atoms with van der Waals surface area (Å²) >= 11 is 0. The van der Waals surface area contributed by atoms with Gasteiger partial charge >= 0.3 is 0 Å². The molecule has 2 rings (SSSR count). The van der Waals surface area contributed by atoms with Crippen molar-refractivity contribution in [2.75, 3.05) is 19.9 Å². The molecule has 1 unspecified atom stereocenters. The van der Waals surface area contributed by atoms with Crippen molar-refractivity contribution in [1.29, 1.82) is 0 Å². The van der Waals surface area contributed by atoms with Gasteiger partial charge in [0, 0.05) is 12.7 Å². The van der Waals surface area contributed by atoms with E-state index in [-0.39, 0.29) is 6.04 Å². The Kier molecular flexibility index (Phi) is 3.73. The molecule has 0 radical (unpaired) electrons. The molecular weight excluding hydrogens is 250 g/mol. The van der Waals surface area contributed by atoms with Crippen LogP contribution in [0.25, 0.3) is 0 Å². The van der Waals surface area contributed by atoms with Gasteiger partial charge in [-0.15, -0.1) is 0 Å². The number of likely N-dealkylation sites (N-methyl/N-ethyl adjacent to an activating group) is 1. The number of rotatable bonds is 4. The molecule has 0 fully saturated rings. The van der Waals surface area contributed by atoms with E-state index >= 15 is 0 Å². The van der Waals surface area contributed by atoms with Gasteiger partial charge in [0.25, 0.3) is 0 Å². The Morgan fingerprint density at radius 2 is 2.17 bits per heavy atom. The number of nitrogens with one attached hydrogen (secondary N) is 1. The molecule has 0 aliphatic carbocycles. The van der Waals surface area contributed by atoms with Gasteiger partial charge in [-0.05, 0) is 30.8 Å². The molecule has 1 heterocycles. The van der Waals surface area contributed by atoms with Crippen LogP contribution in [0.4, 0.5) is 0 Å². The number of ether oxygens (including phenoxy) is 1. The zero-order chi connectivity index (χ0) is 13.2. The smallest absolute Gasteiger partial charge is 0.175 e. The maximum Gasteiger partial charge on any atom is 0.175 e. The average molecular weight is 267 g/mol. The van der Waals surface area contributed by atoms with Crippen LogP contribution in [0.2, 0.25) is 0 Å². The highest BCUT2D eigenvalue weighted by molar-refractivity contribution is 7.90. The van der Waals surface area contributed by atoms with E-state index in [1.807, 2.05) is 19.2 Å². The maximum absolute atomic E-state index is 11.6. The molecule has 1 aliphatic heterocycles. The van der Waals surface area contributed by atoms with Crippen LogP contribution in [0.3, 0.4) is 0 Å². The molecule has 1 aromatic carbocycles. The first-order valence-electron chi connectivity index (χ1n) is 5.82. The van der Waals surface area contributed by atoms with Gasteiger partial charge in [-0.3, -0.25) is 0 Å². The van der Waals surface area contributed by atoms with Crippen LogP contribution in [0.5, 0.6) is 0 Å². The third kappa shape index (κ3) is 2.73. The Labute approximate surface area is 108 Å². The van der Waals surface area contributed by atoms with E-state index in [1.165, 1.54) is 6.26 Å². The molecule has 98 valence electrons. The second kappa shape index (κ2) is 5.12. The molecule has 1 atom stereocenters. The summed E-state index contributed by atoms with van der Waals surface area (Å²) in [5, 5.41) is 3.15. The van der Waals surface area contributed by atoms with Gasteiger partial charge in [0.1, 0.15) is 5.76 Å². The summed E-state index contributed by atoms with van der Waals surface area (Å²) < 4.78 is 28.6. The summed E-state index contributed by atoms with van der Waals surface area (Å²) in [7, 11) is -1.35. The highest BCUT2D eigenvalue weighted by atomic mass is 32.2. The van der Waals surface area contributed by atoms with Crippen LogP contribution in [0, 0.1) is 0 Å². The number of hydrogen-bond acceptors (Lipinski definition) is 4. The molecule has 0 bridgehead atoms. The van der Waals surface area contributed by atoms with Gasteiger partial charge in [-0.25, -0.2) is 8.42 Å². The summed E-state index contributed by atoms with van der Waals surface area (Å²) in [5.41, 5.74) is 0.897. The van der Waals surface area contributed by atoms with Crippen LogP contribution in [0.15, 0.2) is 41.0 Å². The van der Waals surface area contributed by atoms with Crippen molar-refractivity contribution in [2.24, 2.45) is 0 Å². The highest BCUT2D eigenvalue weighted by Gasteiger charge is 2.20. The Morgan fingerprint density at radius 1 is 1.39 bits per heavy atom. The van der Waals surface area contributed by atoms with Gasteiger partial charge in [-0.2, -0.15) is 0 Å². The molecule has 18 heavy (non-hydrogen) atoms. The first-order valence-corrected chi connectivity index (χ1v) is 7.71. The monoisotopic (exact) mass is 267 g/mol. The van der Waals surface area contributed by atoms with Crippen molar-refractivity contribution < 1.29 is 13.2 Å². The lowest BCUT2D eigenvalue weighted by atomic mass is 10.1. The first kappa shape index (κ1) is 13.1. The molecule has 1 N–H and O–H groups in total. The molecule has 0 amide bonds. The lowest BCUT2D eigenvalue weighted by Crippen LogP contribution is -2.19. The molecule has 0 saturated heterocycles. The van der Waals surface area contributed by atoms with Crippen molar-refractivity contribution in [3.63, 3.8) is 0 Å². The maximum atomic E-state index is 11.6. The van der Waals surface area contributed by atoms with Gasteiger partial charge in [-0.1, -0.05) is 12.1 Å². The third-order valence-corrected chi connectivity index (χ3v) is 4.04. The second-order valence-electron chi connectivity index (χ2n) is 4.31. The largest absolute Gasteiger partial charge is 0.496 e. The summed E-state index contributed by atoms with van der Waals surface area (Å²) in [6, 6.07) is 6.87. The fourth-order valence-corrected chi connectivity index (χ4v) is 2.71. The Hall–Kier alpha value is -1.33. The van der Waals surface area contributed by atoms with E-state index in [4.69, 9.17) is 4.74 Å². The third-order valence-electron chi connectivity index (χ3n) is 2.92. The van der Waals surface area contributed by atoms with Crippen LogP contribution < -0.4 is 5.32 Å². The van der Waals surface area contributed by atoms with Crippen LogP contribution >= 0.6 is 0 Å². The highest BCUT2D eigenvalue weighted by Crippen LogP contribution is 2.27. The van der Waals surface area contributed by atoms with Crippen molar-refractivity contribution >= 4 is 9.84 Å². The molecule has 1 aromatic rings. The topological polar surface area (TPSA) is 55.4 Å². The van der Waals surface area contributed by atoms with Crippen molar-refractivity contribution in [3.05, 3.63) is 41.7 Å². The van der Waals surface area contributed by atoms with E-state index in [0.29, 0.717) is 11.5 Å². The number of sulfone groups is 1. The van der Waals surface area contributed by atoms with Crippen molar-refractivity contribution in [1.82, 2.24) is 5.32 Å². The molecular formula is C13H17NO3S. The van der Waals surface area contributed by atoms with Gasteiger partial charge in [0.2, 0.25) is 0 Å². The summed E-state index contributed by atoms with van der Waals surface area (Å²) in [6.45, 7) is 0.694. The Balaban J connectivity index is 2.37. The van der Waals surface area contributed by atoms with Crippen LogP contribution in [-0.4, -0.2) is 28.3 Å². The predicted molar refractivity (Wildman–Crippen MR) is 70.0 cm³/mol. The first-order chi connectivity index (χ1) is 8.52. The predicted octanol–water partition coefficient (Wildman–Crippen LogP) is 1.65. The minimum atomic E-state index is -3.18. The van der Waals surface area contributed by atoms with E-state index in [9.17, 15) is 8.42 Å². The van der Waals surface area contributed by atoms with Gasteiger partial charge in [0.05, 0.1) is 17.5 Å². The van der Waals surface area contributed by atoms with E-state index < -0.39 is 9.84 Å². The number of benzene rings is 1. The summed E-state index contributed by atoms with van der Waals surface area (Å²) in [4.78, 5) is 0.332. The average Bonchev–Trinajstić information content (AvgIpc) is 2.83. The molecule has 5 heteroatoms. The summed E-state index contributed by atoms with van der Waals surface area (Å²) in [5.74, 6) is 0.864. The quantitative estimate of drug-likeness (QED) is 0.901. The normalized spacial score (nSPS) is 17.1. The Bertz CT molecular complexity index is 563. The van der Waals surface area contributed by atoms with E-state index in [2.05, 4.69) is 5.32 Å². The second-order valence-corrected chi connectivity index (χ2v) is 6.33. The minimum Gasteiger partial charge on any atom is -0.496 e. The lowest BCUT2D eigenvalue weighted by molar-refractivity contribution is 0.218. The number of hydrogen-bond donors (Lipinski definition) is 1. The zero-order valence-corrected chi connectivity index (χ0v) is 11.3. The lowest BCUT2D eigenvalue weighted by Gasteiger charge is -2.18. The molecule has 1 aliphatic rings. The molecule has 0 saturated carbocycles. The van der Waals surface area contributed by atoms with Gasteiger partial charge in [0.15, 0.2) is 9.84 Å². The standard InChI is InChI=1S/C13H17NO3S/c1-14-13(12-7-4-8-17-12)10-5-3-6-11(9-10)18(2,15)16/h3,5-7,9,13-14H,4,8H2,1-2H3. The summed E-state index contributed by atoms with van der Waals surface area (Å²) in [6.07, 6.45) is 4.15. The fourth-order valence-electron chi connectivity index (χ4n) is 2.04. The van der Waals surface area contributed by atoms with Crippen LogP contribution in [0.1, 0.15) is 18.0 Å². The Morgan fingerprint density at radius 3 is 2.72 bits per heavy atom. The van der Waals surface area contributed by atoms with E-state index in [1.54, 1.807) is 18.2 Å². The SMILES string of the molecule is CNC(C1=CCCO1)c1cccc(S(C)(=O)=O)c1. The van der Waals surface area contributed by atoms with Crippen molar-refractivity contribution in [2.45, 2.75) is 17.4 Å². The molecule has 4 nitrogen and oxygen atoms in total. The minimum absolute atomic E-state index is 0.0887.